The Hall–Kier alpha value is -0.190. The molecule has 0 heterocycles. The van der Waals surface area contributed by atoms with E-state index < -0.39 is 11.9 Å². The van der Waals surface area contributed by atoms with Gasteiger partial charge in [-0.3, -0.25) is 9.69 Å². The second-order valence-electron chi connectivity index (χ2n) is 9.03. The van der Waals surface area contributed by atoms with Gasteiger partial charge in [0.2, 0.25) is 5.91 Å². The molecule has 0 saturated carbocycles. The van der Waals surface area contributed by atoms with E-state index in [-0.39, 0.29) is 97.6 Å². The molecule has 0 aromatic carbocycles. The largest absolute Gasteiger partial charge is 1.00 e. The van der Waals surface area contributed by atoms with Crippen LogP contribution < -0.4 is 74.6 Å². The Morgan fingerprint density at radius 2 is 1.32 bits per heavy atom. The summed E-state index contributed by atoms with van der Waals surface area (Å²) in [5, 5.41) is 24.0. The van der Waals surface area contributed by atoms with Crippen molar-refractivity contribution in [1.82, 2.24) is 10.2 Å². The minimum Gasteiger partial charge on any atom is -0.550 e. The van der Waals surface area contributed by atoms with E-state index >= 15 is 0 Å². The SMILES string of the molecule is CCCCC/C=C\C/C=C\CCCCCCCC(=O)NCCN(CCOCCC(=O)[O-])CCC(=O)[O-].[Na+].[Na+]. The van der Waals surface area contributed by atoms with Gasteiger partial charge < -0.3 is 29.9 Å². The third kappa shape index (κ3) is 33.8. The summed E-state index contributed by atoms with van der Waals surface area (Å²) >= 11 is 0. The number of aliphatic carboxylic acids is 2. The first-order chi connectivity index (χ1) is 17.5. The Balaban J connectivity index is -0.00000612. The maximum absolute atomic E-state index is 12.1. The van der Waals surface area contributed by atoms with Gasteiger partial charge in [-0.2, -0.15) is 0 Å². The van der Waals surface area contributed by atoms with Gasteiger partial charge in [0.05, 0.1) is 13.2 Å². The summed E-state index contributed by atoms with van der Waals surface area (Å²) < 4.78 is 5.23. The van der Waals surface area contributed by atoms with Gasteiger partial charge in [0.25, 0.3) is 0 Å². The fourth-order valence-electron chi connectivity index (χ4n) is 3.57. The quantitative estimate of drug-likeness (QED) is 0.0670. The number of hydrogen-bond acceptors (Lipinski definition) is 7. The topological polar surface area (TPSA) is 122 Å². The third-order valence-corrected chi connectivity index (χ3v) is 5.74. The van der Waals surface area contributed by atoms with Gasteiger partial charge in [-0.1, -0.05) is 63.3 Å². The van der Waals surface area contributed by atoms with E-state index in [0.717, 1.165) is 32.1 Å². The van der Waals surface area contributed by atoms with Gasteiger partial charge in [0, 0.05) is 51.0 Å². The van der Waals surface area contributed by atoms with Gasteiger partial charge in [-0.25, -0.2) is 0 Å². The van der Waals surface area contributed by atoms with Gasteiger partial charge in [0.15, 0.2) is 0 Å². The molecule has 1 N–H and O–H groups in total. The first-order valence-corrected chi connectivity index (χ1v) is 13.7. The summed E-state index contributed by atoms with van der Waals surface area (Å²) in [6.07, 6.45) is 21.8. The zero-order valence-electron chi connectivity index (χ0n) is 24.3. The van der Waals surface area contributed by atoms with Crippen LogP contribution in [-0.4, -0.2) is 62.1 Å². The van der Waals surface area contributed by atoms with Gasteiger partial charge >= 0.3 is 59.1 Å². The van der Waals surface area contributed by atoms with Crippen molar-refractivity contribution in [2.24, 2.45) is 0 Å². The van der Waals surface area contributed by atoms with Crippen LogP contribution in [0, 0.1) is 0 Å². The van der Waals surface area contributed by atoms with Crippen LogP contribution in [0.3, 0.4) is 0 Å². The summed E-state index contributed by atoms with van der Waals surface area (Å²) in [5.41, 5.74) is 0. The average molecular weight is 555 g/mol. The van der Waals surface area contributed by atoms with Crippen LogP contribution in [0.25, 0.3) is 0 Å². The van der Waals surface area contributed by atoms with Crippen LogP contribution in [0.2, 0.25) is 0 Å². The number of nitrogens with one attached hydrogen (secondary N) is 1. The molecule has 8 nitrogen and oxygen atoms in total. The van der Waals surface area contributed by atoms with E-state index in [1.165, 1.54) is 38.5 Å². The molecular formula is C28H48N2Na2O6. The van der Waals surface area contributed by atoms with Gasteiger partial charge in [-0.05, 0) is 44.9 Å². The monoisotopic (exact) mass is 554 g/mol. The average Bonchev–Trinajstić information content (AvgIpc) is 2.84. The second-order valence-corrected chi connectivity index (χ2v) is 9.03. The molecule has 0 aliphatic carbocycles. The molecule has 208 valence electrons. The van der Waals surface area contributed by atoms with E-state index in [0.29, 0.717) is 26.1 Å². The molecule has 38 heavy (non-hydrogen) atoms. The van der Waals surface area contributed by atoms with Crippen molar-refractivity contribution in [3.63, 3.8) is 0 Å². The minimum atomic E-state index is -1.17. The first kappa shape index (κ1) is 42.3. The number of rotatable bonds is 26. The molecule has 0 aliphatic rings. The second kappa shape index (κ2) is 33.0. The molecule has 0 spiro atoms. The number of amides is 1. The number of carboxylic acids is 2. The normalized spacial score (nSPS) is 11.0. The number of carboxylic acid groups (broad SMARTS) is 2. The Labute approximate surface area is 275 Å². The van der Waals surface area contributed by atoms with E-state index in [1.54, 1.807) is 0 Å². The van der Waals surface area contributed by atoms with Crippen molar-refractivity contribution in [1.29, 1.82) is 0 Å². The number of ether oxygens (including phenoxy) is 1. The van der Waals surface area contributed by atoms with Gasteiger partial charge in [0.1, 0.15) is 0 Å². The van der Waals surface area contributed by atoms with Crippen molar-refractivity contribution in [2.75, 3.05) is 39.4 Å². The molecule has 0 unspecified atom stereocenters. The standard InChI is InChI=1S/C28H50N2O6.2Na/c1-2-3-4-5-6-7-8-9-10-11-12-13-14-15-16-17-26(31)29-20-22-30(21-18-27(32)33)23-25-36-24-19-28(34)35;;/h6-7,9-10H,2-5,8,11-25H2,1H3,(H,29,31)(H,32,33)(H,34,35);;/q;2*+1/p-2/b7-6-,10-9-;;. The number of carbonyl (C=O) groups excluding carboxylic acids is 3. The van der Waals surface area contributed by atoms with Crippen LogP contribution in [0.5, 0.6) is 0 Å². The summed E-state index contributed by atoms with van der Waals surface area (Å²) in [5.74, 6) is -2.30. The Morgan fingerprint density at radius 3 is 1.95 bits per heavy atom. The van der Waals surface area contributed by atoms with E-state index in [1.807, 2.05) is 4.90 Å². The minimum absolute atomic E-state index is 0. The molecule has 1 amide bonds. The van der Waals surface area contributed by atoms with E-state index in [4.69, 9.17) is 4.74 Å². The fraction of sp³-hybridized carbons (Fsp3) is 0.750. The van der Waals surface area contributed by atoms with Crippen LogP contribution in [0.4, 0.5) is 0 Å². The molecule has 10 heteroatoms. The maximum atomic E-state index is 12.1. The molecule has 0 aromatic rings. The Bertz CT molecular complexity index is 632. The number of unbranched alkanes of at least 4 members (excludes halogenated alkanes) is 8. The number of carbonyl (C=O) groups is 3. The fourth-order valence-corrected chi connectivity index (χ4v) is 3.57. The summed E-state index contributed by atoms with van der Waals surface area (Å²) in [6.45, 7) is 4.20. The van der Waals surface area contributed by atoms with Crippen molar-refractivity contribution in [3.05, 3.63) is 24.3 Å². The van der Waals surface area contributed by atoms with E-state index in [2.05, 4.69) is 36.5 Å². The zero-order valence-corrected chi connectivity index (χ0v) is 28.3. The predicted molar refractivity (Wildman–Crippen MR) is 139 cm³/mol. The molecule has 0 bridgehead atoms. The molecular weight excluding hydrogens is 506 g/mol. The molecule has 0 rings (SSSR count). The molecule has 0 saturated heterocycles. The van der Waals surface area contributed by atoms with Gasteiger partial charge in [-0.15, -0.1) is 0 Å². The van der Waals surface area contributed by atoms with Crippen LogP contribution >= 0.6 is 0 Å². The van der Waals surface area contributed by atoms with Crippen molar-refractivity contribution < 1.29 is 88.4 Å². The molecule has 0 fully saturated rings. The molecule has 0 aliphatic heterocycles. The maximum Gasteiger partial charge on any atom is 1.00 e. The number of nitrogens with zero attached hydrogens (tertiary/aromatic N) is 1. The molecule has 0 atom stereocenters. The summed E-state index contributed by atoms with van der Waals surface area (Å²) in [7, 11) is 0. The summed E-state index contributed by atoms with van der Waals surface area (Å²) in [4.78, 5) is 35.0. The van der Waals surface area contributed by atoms with E-state index in [9.17, 15) is 24.6 Å². The van der Waals surface area contributed by atoms with Crippen molar-refractivity contribution in [3.8, 4) is 0 Å². The first-order valence-electron chi connectivity index (χ1n) is 13.7. The van der Waals surface area contributed by atoms with Crippen LogP contribution in [0.15, 0.2) is 24.3 Å². The number of hydrogen-bond donors (Lipinski definition) is 1. The zero-order chi connectivity index (χ0) is 26.7. The summed E-state index contributed by atoms with van der Waals surface area (Å²) in [6, 6.07) is 0. The van der Waals surface area contributed by atoms with Crippen LogP contribution in [0.1, 0.15) is 96.8 Å². The smallest absolute Gasteiger partial charge is 0.550 e. The third-order valence-electron chi connectivity index (χ3n) is 5.74. The van der Waals surface area contributed by atoms with Crippen molar-refractivity contribution >= 4 is 17.8 Å². The Kier molecular flexibility index (Phi) is 36.7. The predicted octanol–water partition coefficient (Wildman–Crippen LogP) is -3.48. The van der Waals surface area contributed by atoms with Crippen LogP contribution in [-0.2, 0) is 19.1 Å². The molecule has 0 radical (unpaired) electrons. The Morgan fingerprint density at radius 1 is 0.711 bits per heavy atom. The number of allylic oxidation sites excluding steroid dienone is 4. The van der Waals surface area contributed by atoms with Crippen molar-refractivity contribution in [2.45, 2.75) is 96.8 Å². The molecule has 0 aromatic heterocycles.